The smallest absolute Gasteiger partial charge is 0.195 e. The summed E-state index contributed by atoms with van der Waals surface area (Å²) in [7, 11) is 0. The molecule has 5 nitrogen and oxygen atoms in total. The Morgan fingerprint density at radius 2 is 1.93 bits per heavy atom. The number of aliphatic hydroxyl groups excluding tert-OH is 2. The summed E-state index contributed by atoms with van der Waals surface area (Å²) < 4.78 is 7.93. The standard InChI is InChI=1S/C21H18Br3NO4/c1-21(2)16-12(6-13(23)19(17(16)24)29-8-10(27)7-26)18(28)15-11-4-3-9(22)5-14(11)25-20(15)21/h3-6,10,25-27H,7-8H2,1-2H3. The van der Waals surface area contributed by atoms with Crippen LogP contribution in [0.25, 0.3) is 10.9 Å². The van der Waals surface area contributed by atoms with Crippen molar-refractivity contribution < 1.29 is 19.7 Å². The topological polar surface area (TPSA) is 82.6 Å². The number of ketones is 1. The van der Waals surface area contributed by atoms with Gasteiger partial charge in [0.1, 0.15) is 18.5 Å². The van der Waals surface area contributed by atoms with Gasteiger partial charge in [-0.3, -0.25) is 4.79 Å². The summed E-state index contributed by atoms with van der Waals surface area (Å²) in [5.74, 6) is 0.436. The molecule has 1 unspecified atom stereocenters. The molecular formula is C21H18Br3NO4. The molecule has 4 rings (SSSR count). The summed E-state index contributed by atoms with van der Waals surface area (Å²) in [5.41, 5.74) is 3.35. The Balaban J connectivity index is 1.93. The SMILES string of the molecule is CC1(C)c2[nH]c3cc(Br)ccc3c2C(=O)c2cc(Br)c(OCC(O)CO)c(Br)c21. The minimum atomic E-state index is -0.988. The zero-order chi connectivity index (χ0) is 21.1. The largest absolute Gasteiger partial charge is 0.488 e. The highest BCUT2D eigenvalue weighted by atomic mass is 79.9. The molecule has 1 heterocycles. The van der Waals surface area contributed by atoms with Crippen LogP contribution in [-0.4, -0.2) is 40.3 Å². The van der Waals surface area contributed by atoms with Gasteiger partial charge in [0.2, 0.25) is 0 Å². The summed E-state index contributed by atoms with van der Waals surface area (Å²) >= 11 is 10.6. The molecule has 0 aliphatic heterocycles. The number of nitrogens with one attached hydrogen (secondary N) is 1. The van der Waals surface area contributed by atoms with Crippen LogP contribution in [0, 0.1) is 0 Å². The van der Waals surface area contributed by atoms with E-state index in [1.165, 1.54) is 0 Å². The van der Waals surface area contributed by atoms with E-state index in [-0.39, 0.29) is 12.4 Å². The van der Waals surface area contributed by atoms with Crippen molar-refractivity contribution in [2.24, 2.45) is 0 Å². The first-order valence-electron chi connectivity index (χ1n) is 8.97. The summed E-state index contributed by atoms with van der Waals surface area (Å²) in [6.07, 6.45) is -0.988. The van der Waals surface area contributed by atoms with Crippen molar-refractivity contribution in [3.05, 3.63) is 60.1 Å². The van der Waals surface area contributed by atoms with Gasteiger partial charge in [-0.1, -0.05) is 35.8 Å². The van der Waals surface area contributed by atoms with E-state index in [0.29, 0.717) is 25.8 Å². The lowest BCUT2D eigenvalue weighted by molar-refractivity contribution is 0.0530. The predicted molar refractivity (Wildman–Crippen MR) is 122 cm³/mol. The van der Waals surface area contributed by atoms with Crippen molar-refractivity contribution in [2.45, 2.75) is 25.4 Å². The number of aromatic nitrogens is 1. The molecule has 1 aliphatic rings. The van der Waals surface area contributed by atoms with Crippen LogP contribution in [0.1, 0.15) is 41.0 Å². The number of fused-ring (bicyclic) bond motifs is 4. The van der Waals surface area contributed by atoms with E-state index in [0.717, 1.165) is 26.6 Å². The van der Waals surface area contributed by atoms with Crippen molar-refractivity contribution in [2.75, 3.05) is 13.2 Å². The van der Waals surface area contributed by atoms with Crippen LogP contribution >= 0.6 is 47.8 Å². The highest BCUT2D eigenvalue weighted by molar-refractivity contribution is 9.11. The molecule has 2 aromatic carbocycles. The molecule has 0 amide bonds. The molecule has 1 aliphatic carbocycles. The van der Waals surface area contributed by atoms with Gasteiger partial charge < -0.3 is 19.9 Å². The van der Waals surface area contributed by atoms with Crippen molar-refractivity contribution in [1.29, 1.82) is 0 Å². The molecule has 0 radical (unpaired) electrons. The number of carbonyl (C=O) groups is 1. The third-order valence-corrected chi connectivity index (χ3v) is 7.13. The second-order valence-corrected chi connectivity index (χ2v) is 10.2. The van der Waals surface area contributed by atoms with Crippen molar-refractivity contribution in [3.8, 4) is 5.75 Å². The molecule has 0 saturated heterocycles. The highest BCUT2D eigenvalue weighted by Crippen LogP contribution is 2.50. The number of hydrogen-bond acceptors (Lipinski definition) is 4. The summed E-state index contributed by atoms with van der Waals surface area (Å²) in [6, 6.07) is 7.62. The predicted octanol–water partition coefficient (Wildman–Crippen LogP) is 5.06. The fourth-order valence-electron chi connectivity index (χ4n) is 3.89. The highest BCUT2D eigenvalue weighted by Gasteiger charge is 2.42. The van der Waals surface area contributed by atoms with Crippen molar-refractivity contribution >= 4 is 64.5 Å². The van der Waals surface area contributed by atoms with E-state index in [4.69, 9.17) is 9.84 Å². The normalized spacial score (nSPS) is 15.9. The van der Waals surface area contributed by atoms with Crippen molar-refractivity contribution in [3.63, 3.8) is 0 Å². The van der Waals surface area contributed by atoms with Crippen LogP contribution < -0.4 is 4.74 Å². The van der Waals surface area contributed by atoms with Crippen LogP contribution in [0.4, 0.5) is 0 Å². The minimum absolute atomic E-state index is 0.0498. The van der Waals surface area contributed by atoms with Crippen LogP contribution in [0.3, 0.4) is 0 Å². The Morgan fingerprint density at radius 1 is 1.21 bits per heavy atom. The number of H-pyrrole nitrogens is 1. The molecule has 29 heavy (non-hydrogen) atoms. The van der Waals surface area contributed by atoms with Crippen LogP contribution in [0.5, 0.6) is 5.75 Å². The number of benzene rings is 2. The number of aliphatic hydroxyl groups is 2. The van der Waals surface area contributed by atoms with Crippen LogP contribution in [0.15, 0.2) is 37.7 Å². The average molecular weight is 588 g/mol. The first-order valence-corrected chi connectivity index (χ1v) is 11.3. The summed E-state index contributed by atoms with van der Waals surface area (Å²) in [5, 5.41) is 19.6. The van der Waals surface area contributed by atoms with Gasteiger partial charge in [-0.25, -0.2) is 0 Å². The van der Waals surface area contributed by atoms with Gasteiger partial charge in [-0.05, 0) is 55.6 Å². The van der Waals surface area contributed by atoms with Crippen LogP contribution in [-0.2, 0) is 5.41 Å². The Bertz CT molecular complexity index is 1150. The molecule has 0 fully saturated rings. The Kier molecular flexibility index (Phi) is 5.44. The monoisotopic (exact) mass is 585 g/mol. The fraction of sp³-hybridized carbons (Fsp3) is 0.286. The number of ether oxygens (including phenoxy) is 1. The molecule has 0 spiro atoms. The second kappa shape index (κ2) is 7.50. The van der Waals surface area contributed by atoms with Gasteiger partial charge in [0.15, 0.2) is 5.78 Å². The summed E-state index contributed by atoms with van der Waals surface area (Å²) in [4.78, 5) is 16.9. The number of halogens is 3. The van der Waals surface area contributed by atoms with E-state index in [2.05, 4.69) is 66.6 Å². The first kappa shape index (κ1) is 21.1. The van der Waals surface area contributed by atoms with E-state index in [1.54, 1.807) is 6.07 Å². The lowest BCUT2D eigenvalue weighted by Gasteiger charge is -2.34. The van der Waals surface area contributed by atoms with Gasteiger partial charge in [0.25, 0.3) is 0 Å². The van der Waals surface area contributed by atoms with Gasteiger partial charge >= 0.3 is 0 Å². The average Bonchev–Trinajstić information content (AvgIpc) is 3.05. The van der Waals surface area contributed by atoms with Gasteiger partial charge in [0, 0.05) is 32.0 Å². The number of aromatic amines is 1. The summed E-state index contributed by atoms with van der Waals surface area (Å²) in [6.45, 7) is 3.67. The number of hydrogen-bond donors (Lipinski definition) is 3. The van der Waals surface area contributed by atoms with Gasteiger partial charge in [-0.2, -0.15) is 0 Å². The molecule has 1 aromatic heterocycles. The van der Waals surface area contributed by atoms with Gasteiger partial charge in [0.05, 0.1) is 21.1 Å². The zero-order valence-electron chi connectivity index (χ0n) is 15.6. The van der Waals surface area contributed by atoms with Crippen LogP contribution in [0.2, 0.25) is 0 Å². The molecular weight excluding hydrogens is 570 g/mol. The van der Waals surface area contributed by atoms with E-state index >= 15 is 0 Å². The van der Waals surface area contributed by atoms with E-state index in [9.17, 15) is 9.90 Å². The molecule has 0 saturated carbocycles. The zero-order valence-corrected chi connectivity index (χ0v) is 20.4. The van der Waals surface area contributed by atoms with E-state index in [1.807, 2.05) is 18.2 Å². The number of rotatable bonds is 4. The first-order chi connectivity index (χ1) is 13.7. The Hall–Kier alpha value is -1.19. The molecule has 3 aromatic rings. The second-order valence-electron chi connectivity index (χ2n) is 7.59. The minimum Gasteiger partial charge on any atom is -0.488 e. The molecule has 0 bridgehead atoms. The Labute approximate surface area is 192 Å². The maximum Gasteiger partial charge on any atom is 0.195 e. The number of carbonyl (C=O) groups excluding carboxylic acids is 1. The molecule has 3 N–H and O–H groups in total. The molecule has 1 atom stereocenters. The lowest BCUT2D eigenvalue weighted by Crippen LogP contribution is -2.31. The molecule has 8 heteroatoms. The van der Waals surface area contributed by atoms with E-state index < -0.39 is 18.1 Å². The maximum absolute atomic E-state index is 13.5. The maximum atomic E-state index is 13.5. The van der Waals surface area contributed by atoms with Gasteiger partial charge in [-0.15, -0.1) is 0 Å². The third kappa shape index (κ3) is 3.29. The fourth-order valence-corrected chi connectivity index (χ4v) is 6.10. The third-order valence-electron chi connectivity index (χ3n) is 5.29. The lowest BCUT2D eigenvalue weighted by atomic mass is 9.71. The molecule has 152 valence electrons. The van der Waals surface area contributed by atoms with Crippen molar-refractivity contribution in [1.82, 2.24) is 4.98 Å². The Morgan fingerprint density at radius 3 is 2.62 bits per heavy atom. The quantitative estimate of drug-likeness (QED) is 0.399.